The maximum Gasteiger partial charge on any atom is 0.205 e. The predicted molar refractivity (Wildman–Crippen MR) is 55.5 cm³/mol. The first-order chi connectivity index (χ1) is 6.70. The van der Waals surface area contributed by atoms with Gasteiger partial charge in [0.15, 0.2) is 5.82 Å². The maximum absolute atomic E-state index is 5.69. The summed E-state index contributed by atoms with van der Waals surface area (Å²) in [5.74, 6) is 0.757. The number of nitrogens with zero attached hydrogens (tertiary/aromatic N) is 3. The lowest BCUT2D eigenvalue weighted by molar-refractivity contribution is 0.113. The smallest absolute Gasteiger partial charge is 0.205 e. The molecular formula is C8H14N4OS. The minimum Gasteiger partial charge on any atom is -0.374 e. The zero-order chi connectivity index (χ0) is 10.1. The SMILES string of the molecule is COC(C)c1nsc(N2CC(N)C2)n1. The van der Waals surface area contributed by atoms with E-state index in [0.29, 0.717) is 6.04 Å². The van der Waals surface area contributed by atoms with E-state index in [1.807, 2.05) is 6.92 Å². The Morgan fingerprint density at radius 3 is 2.93 bits per heavy atom. The summed E-state index contributed by atoms with van der Waals surface area (Å²) in [6.07, 6.45) is -0.0325. The van der Waals surface area contributed by atoms with Crippen LogP contribution >= 0.6 is 11.5 Å². The van der Waals surface area contributed by atoms with E-state index in [4.69, 9.17) is 10.5 Å². The summed E-state index contributed by atoms with van der Waals surface area (Å²) < 4.78 is 9.38. The molecule has 0 aliphatic carbocycles. The normalized spacial score (nSPS) is 19.5. The zero-order valence-corrected chi connectivity index (χ0v) is 9.12. The van der Waals surface area contributed by atoms with Gasteiger partial charge in [-0.15, -0.1) is 0 Å². The quantitative estimate of drug-likeness (QED) is 0.788. The minimum absolute atomic E-state index is 0.0325. The number of nitrogens with two attached hydrogens (primary N) is 1. The molecule has 1 atom stereocenters. The summed E-state index contributed by atoms with van der Waals surface area (Å²) in [5, 5.41) is 0.950. The van der Waals surface area contributed by atoms with Gasteiger partial charge in [0.1, 0.15) is 6.10 Å². The van der Waals surface area contributed by atoms with Crippen molar-refractivity contribution < 1.29 is 4.74 Å². The van der Waals surface area contributed by atoms with Gasteiger partial charge in [-0.2, -0.15) is 4.37 Å². The molecule has 1 aliphatic heterocycles. The highest BCUT2D eigenvalue weighted by atomic mass is 32.1. The van der Waals surface area contributed by atoms with Gasteiger partial charge in [-0.3, -0.25) is 0 Å². The molecule has 2 N–H and O–H groups in total. The lowest BCUT2D eigenvalue weighted by Gasteiger charge is -2.36. The van der Waals surface area contributed by atoms with Crippen molar-refractivity contribution in [2.24, 2.45) is 5.73 Å². The lowest BCUT2D eigenvalue weighted by Crippen LogP contribution is -2.55. The Labute approximate surface area is 87.0 Å². The van der Waals surface area contributed by atoms with Crippen LogP contribution in [0.2, 0.25) is 0 Å². The van der Waals surface area contributed by atoms with Crippen LogP contribution in [0, 0.1) is 0 Å². The Hall–Kier alpha value is -0.720. The van der Waals surface area contributed by atoms with Gasteiger partial charge in [0.2, 0.25) is 5.13 Å². The predicted octanol–water partition coefficient (Wildman–Crippen LogP) is 0.393. The molecule has 1 aromatic heterocycles. The average molecular weight is 214 g/mol. The van der Waals surface area contributed by atoms with Crippen molar-refractivity contribution >= 4 is 16.7 Å². The summed E-state index contributed by atoms with van der Waals surface area (Å²) in [4.78, 5) is 6.52. The second-order valence-electron chi connectivity index (χ2n) is 3.48. The molecule has 1 aliphatic rings. The highest BCUT2D eigenvalue weighted by Gasteiger charge is 2.26. The Bertz CT molecular complexity index is 310. The van der Waals surface area contributed by atoms with Gasteiger partial charge in [0, 0.05) is 37.8 Å². The number of anilines is 1. The molecule has 78 valence electrons. The number of methoxy groups -OCH3 is 1. The van der Waals surface area contributed by atoms with Crippen molar-refractivity contribution in [3.8, 4) is 0 Å². The monoisotopic (exact) mass is 214 g/mol. The third-order valence-electron chi connectivity index (χ3n) is 2.33. The van der Waals surface area contributed by atoms with E-state index in [2.05, 4.69) is 14.3 Å². The number of ether oxygens (including phenoxy) is 1. The molecule has 2 rings (SSSR count). The number of rotatable bonds is 3. The lowest BCUT2D eigenvalue weighted by atomic mass is 10.1. The Morgan fingerprint density at radius 2 is 2.36 bits per heavy atom. The molecule has 1 aromatic rings. The number of hydrogen-bond acceptors (Lipinski definition) is 6. The molecule has 14 heavy (non-hydrogen) atoms. The highest BCUT2D eigenvalue weighted by Crippen LogP contribution is 2.24. The van der Waals surface area contributed by atoms with Crippen LogP contribution < -0.4 is 10.6 Å². The third kappa shape index (κ3) is 1.73. The summed E-state index contributed by atoms with van der Waals surface area (Å²) in [7, 11) is 1.66. The number of aromatic nitrogens is 2. The number of hydrogen-bond donors (Lipinski definition) is 1. The molecule has 0 aromatic carbocycles. The minimum atomic E-state index is -0.0325. The molecule has 0 bridgehead atoms. The van der Waals surface area contributed by atoms with Crippen molar-refractivity contribution in [2.45, 2.75) is 19.1 Å². The Kier molecular flexibility index (Phi) is 2.66. The first-order valence-corrected chi connectivity index (χ1v) is 5.35. The van der Waals surface area contributed by atoms with Gasteiger partial charge in [-0.05, 0) is 6.92 Å². The molecule has 2 heterocycles. The molecule has 6 heteroatoms. The van der Waals surface area contributed by atoms with Crippen molar-refractivity contribution in [3.63, 3.8) is 0 Å². The summed E-state index contributed by atoms with van der Waals surface area (Å²) in [6, 6.07) is 0.294. The van der Waals surface area contributed by atoms with E-state index < -0.39 is 0 Å². The summed E-state index contributed by atoms with van der Waals surface area (Å²) in [5.41, 5.74) is 5.69. The molecule has 0 saturated carbocycles. The van der Waals surface area contributed by atoms with Crippen LogP contribution in [0.1, 0.15) is 18.9 Å². The van der Waals surface area contributed by atoms with Crippen LogP contribution in [0.4, 0.5) is 5.13 Å². The van der Waals surface area contributed by atoms with E-state index in [-0.39, 0.29) is 6.10 Å². The average Bonchev–Trinajstić information content (AvgIpc) is 2.60. The van der Waals surface area contributed by atoms with Gasteiger partial charge in [0.05, 0.1) is 0 Å². The zero-order valence-electron chi connectivity index (χ0n) is 8.30. The molecular weight excluding hydrogens is 200 g/mol. The molecule has 0 amide bonds. The summed E-state index contributed by atoms with van der Waals surface area (Å²) in [6.45, 7) is 3.71. The van der Waals surface area contributed by atoms with E-state index in [1.54, 1.807) is 7.11 Å². The molecule has 5 nitrogen and oxygen atoms in total. The van der Waals surface area contributed by atoms with Crippen LogP contribution in [0.25, 0.3) is 0 Å². The molecule has 1 saturated heterocycles. The van der Waals surface area contributed by atoms with E-state index in [9.17, 15) is 0 Å². The van der Waals surface area contributed by atoms with Crippen LogP contribution in [0.3, 0.4) is 0 Å². The van der Waals surface area contributed by atoms with Crippen molar-refractivity contribution in [1.82, 2.24) is 9.36 Å². The molecule has 1 unspecified atom stereocenters. The Morgan fingerprint density at radius 1 is 1.64 bits per heavy atom. The van der Waals surface area contributed by atoms with Crippen molar-refractivity contribution in [3.05, 3.63) is 5.82 Å². The fourth-order valence-electron chi connectivity index (χ4n) is 1.29. The second kappa shape index (κ2) is 3.80. The topological polar surface area (TPSA) is 64.3 Å². The first kappa shape index (κ1) is 9.82. The van der Waals surface area contributed by atoms with Gasteiger partial charge >= 0.3 is 0 Å². The van der Waals surface area contributed by atoms with Gasteiger partial charge < -0.3 is 15.4 Å². The second-order valence-corrected chi connectivity index (χ2v) is 4.21. The standard InChI is InChI=1S/C8H14N4OS/c1-5(13-2)7-10-8(14-11-7)12-3-6(9)4-12/h5-6H,3-4,9H2,1-2H3. The van der Waals surface area contributed by atoms with Crippen LogP contribution in [0.15, 0.2) is 0 Å². The highest BCUT2D eigenvalue weighted by molar-refractivity contribution is 7.09. The van der Waals surface area contributed by atoms with Crippen molar-refractivity contribution in [2.75, 3.05) is 25.1 Å². The van der Waals surface area contributed by atoms with Gasteiger partial charge in [0.25, 0.3) is 0 Å². The maximum atomic E-state index is 5.69. The van der Waals surface area contributed by atoms with Crippen molar-refractivity contribution in [1.29, 1.82) is 0 Å². The van der Waals surface area contributed by atoms with Gasteiger partial charge in [-0.25, -0.2) is 4.98 Å². The fraction of sp³-hybridized carbons (Fsp3) is 0.750. The Balaban J connectivity index is 2.03. The van der Waals surface area contributed by atoms with E-state index in [1.165, 1.54) is 11.5 Å². The summed E-state index contributed by atoms with van der Waals surface area (Å²) >= 11 is 1.41. The van der Waals surface area contributed by atoms with Crippen LogP contribution in [0.5, 0.6) is 0 Å². The van der Waals surface area contributed by atoms with Crippen LogP contribution in [-0.4, -0.2) is 35.6 Å². The largest absolute Gasteiger partial charge is 0.374 e. The molecule has 0 radical (unpaired) electrons. The molecule has 0 spiro atoms. The van der Waals surface area contributed by atoms with Crippen LogP contribution in [-0.2, 0) is 4.74 Å². The third-order valence-corrected chi connectivity index (χ3v) is 3.12. The van der Waals surface area contributed by atoms with E-state index >= 15 is 0 Å². The van der Waals surface area contributed by atoms with Gasteiger partial charge in [-0.1, -0.05) is 0 Å². The first-order valence-electron chi connectivity index (χ1n) is 4.57. The van der Waals surface area contributed by atoms with E-state index in [0.717, 1.165) is 24.0 Å². The molecule has 1 fully saturated rings. The fourth-order valence-corrected chi connectivity index (χ4v) is 2.06.